The molecule has 2 rings (SSSR count). The molecule has 1 saturated heterocycles. The summed E-state index contributed by atoms with van der Waals surface area (Å²) in [5.74, 6) is 0.341. The Morgan fingerprint density at radius 2 is 2.30 bits per heavy atom. The van der Waals surface area contributed by atoms with Crippen molar-refractivity contribution in [2.75, 3.05) is 31.6 Å². The van der Waals surface area contributed by atoms with E-state index in [2.05, 4.69) is 32.1 Å². The molecule has 1 aliphatic rings. The van der Waals surface area contributed by atoms with Crippen molar-refractivity contribution < 1.29 is 9.53 Å². The molecule has 0 saturated carbocycles. The summed E-state index contributed by atoms with van der Waals surface area (Å²) < 4.78 is 4.62. The highest BCUT2D eigenvalue weighted by Crippen LogP contribution is 2.14. The standard InChI is InChI=1S/C14H22N4O2/c1-3-18(10-11-6-4-5-9-15-11)13-8-7-12(16-17-13)14(19)20-2/h7-8,11,15H,3-6,9-10H2,1-2H3. The molecule has 1 atom stereocenters. The number of nitrogens with one attached hydrogen (secondary N) is 1. The fraction of sp³-hybridized carbons (Fsp3) is 0.643. The van der Waals surface area contributed by atoms with Gasteiger partial charge in [0.15, 0.2) is 11.5 Å². The smallest absolute Gasteiger partial charge is 0.358 e. The van der Waals surface area contributed by atoms with Crippen molar-refractivity contribution >= 4 is 11.8 Å². The number of carbonyl (C=O) groups is 1. The molecule has 0 aliphatic carbocycles. The van der Waals surface area contributed by atoms with Crippen molar-refractivity contribution in [3.8, 4) is 0 Å². The van der Waals surface area contributed by atoms with E-state index in [1.807, 2.05) is 6.07 Å². The number of hydrogen-bond donors (Lipinski definition) is 1. The van der Waals surface area contributed by atoms with Gasteiger partial charge in [0.05, 0.1) is 7.11 Å². The molecule has 110 valence electrons. The Labute approximate surface area is 119 Å². The first-order chi connectivity index (χ1) is 9.74. The van der Waals surface area contributed by atoms with E-state index in [4.69, 9.17) is 0 Å². The zero-order valence-electron chi connectivity index (χ0n) is 12.1. The molecule has 6 heteroatoms. The Kier molecular flexibility index (Phi) is 5.29. The Morgan fingerprint density at radius 1 is 1.45 bits per heavy atom. The van der Waals surface area contributed by atoms with Crippen molar-refractivity contribution in [1.29, 1.82) is 0 Å². The average Bonchev–Trinajstić information content (AvgIpc) is 2.53. The zero-order chi connectivity index (χ0) is 14.4. The highest BCUT2D eigenvalue weighted by molar-refractivity contribution is 5.86. The topological polar surface area (TPSA) is 67.4 Å². The lowest BCUT2D eigenvalue weighted by atomic mass is 10.0. The monoisotopic (exact) mass is 278 g/mol. The average molecular weight is 278 g/mol. The van der Waals surface area contributed by atoms with E-state index in [0.29, 0.717) is 6.04 Å². The second-order valence-corrected chi connectivity index (χ2v) is 4.95. The van der Waals surface area contributed by atoms with E-state index >= 15 is 0 Å². The van der Waals surface area contributed by atoms with E-state index in [1.54, 1.807) is 6.07 Å². The molecule has 2 heterocycles. The van der Waals surface area contributed by atoms with Crippen LogP contribution in [0.5, 0.6) is 0 Å². The van der Waals surface area contributed by atoms with Crippen LogP contribution in [0, 0.1) is 0 Å². The largest absolute Gasteiger partial charge is 0.464 e. The van der Waals surface area contributed by atoms with Crippen molar-refractivity contribution in [2.45, 2.75) is 32.2 Å². The van der Waals surface area contributed by atoms with Crippen LogP contribution >= 0.6 is 0 Å². The van der Waals surface area contributed by atoms with Gasteiger partial charge in [-0.25, -0.2) is 4.79 Å². The van der Waals surface area contributed by atoms with Crippen LogP contribution in [-0.2, 0) is 4.74 Å². The maximum Gasteiger partial charge on any atom is 0.358 e. The highest BCUT2D eigenvalue weighted by atomic mass is 16.5. The van der Waals surface area contributed by atoms with Crippen molar-refractivity contribution in [3.05, 3.63) is 17.8 Å². The van der Waals surface area contributed by atoms with E-state index in [-0.39, 0.29) is 5.69 Å². The lowest BCUT2D eigenvalue weighted by Gasteiger charge is -2.30. The normalized spacial score (nSPS) is 18.6. The van der Waals surface area contributed by atoms with Crippen LogP contribution in [-0.4, -0.2) is 49.0 Å². The van der Waals surface area contributed by atoms with E-state index < -0.39 is 5.97 Å². The van der Waals surface area contributed by atoms with Gasteiger partial charge in [-0.3, -0.25) is 0 Å². The molecule has 1 aromatic rings. The maximum absolute atomic E-state index is 11.3. The van der Waals surface area contributed by atoms with Crippen LogP contribution in [0.3, 0.4) is 0 Å². The van der Waals surface area contributed by atoms with Gasteiger partial charge in [-0.1, -0.05) is 6.42 Å². The highest BCUT2D eigenvalue weighted by Gasteiger charge is 2.17. The fourth-order valence-corrected chi connectivity index (χ4v) is 2.44. The van der Waals surface area contributed by atoms with Crippen LogP contribution in [0.2, 0.25) is 0 Å². The molecule has 6 nitrogen and oxygen atoms in total. The number of aromatic nitrogens is 2. The SMILES string of the molecule is CCN(CC1CCCCN1)c1ccc(C(=O)OC)nn1. The van der Waals surface area contributed by atoms with Gasteiger partial charge in [-0.05, 0) is 38.4 Å². The van der Waals surface area contributed by atoms with Gasteiger partial charge in [0, 0.05) is 19.1 Å². The second-order valence-electron chi connectivity index (χ2n) is 4.95. The van der Waals surface area contributed by atoms with Crippen LogP contribution in [0.1, 0.15) is 36.7 Å². The number of hydrogen-bond acceptors (Lipinski definition) is 6. The number of nitrogens with zero attached hydrogens (tertiary/aromatic N) is 3. The number of ether oxygens (including phenoxy) is 1. The minimum atomic E-state index is -0.457. The Balaban J connectivity index is 2.01. The van der Waals surface area contributed by atoms with Crippen LogP contribution in [0.25, 0.3) is 0 Å². The Hall–Kier alpha value is -1.69. The van der Waals surface area contributed by atoms with Crippen molar-refractivity contribution in [2.24, 2.45) is 0 Å². The minimum Gasteiger partial charge on any atom is -0.464 e. The second kappa shape index (κ2) is 7.19. The molecule has 1 aromatic heterocycles. The molecule has 1 aliphatic heterocycles. The molecule has 1 fully saturated rings. The molecule has 0 amide bonds. The number of rotatable bonds is 5. The third kappa shape index (κ3) is 3.66. The zero-order valence-corrected chi connectivity index (χ0v) is 12.1. The number of anilines is 1. The summed E-state index contributed by atoms with van der Waals surface area (Å²) in [7, 11) is 1.34. The molecule has 20 heavy (non-hydrogen) atoms. The third-order valence-corrected chi connectivity index (χ3v) is 3.60. The molecule has 1 N–H and O–H groups in total. The Morgan fingerprint density at radius 3 is 2.85 bits per heavy atom. The molecular formula is C14H22N4O2. The Bertz CT molecular complexity index is 429. The first-order valence-corrected chi connectivity index (χ1v) is 7.15. The predicted octanol–water partition coefficient (Wildman–Crippen LogP) is 1.23. The quantitative estimate of drug-likeness (QED) is 0.817. The third-order valence-electron chi connectivity index (χ3n) is 3.60. The molecule has 0 spiro atoms. The number of likely N-dealkylation sites (N-methyl/N-ethyl adjacent to an activating group) is 1. The summed E-state index contributed by atoms with van der Waals surface area (Å²) in [6.07, 6.45) is 3.74. The van der Waals surface area contributed by atoms with Gasteiger partial charge in [0.25, 0.3) is 0 Å². The summed E-state index contributed by atoms with van der Waals surface area (Å²) in [5.41, 5.74) is 0.239. The summed E-state index contributed by atoms with van der Waals surface area (Å²) in [6, 6.07) is 3.99. The number of methoxy groups -OCH3 is 1. The fourth-order valence-electron chi connectivity index (χ4n) is 2.44. The minimum absolute atomic E-state index is 0.239. The van der Waals surface area contributed by atoms with Gasteiger partial charge in [-0.2, -0.15) is 0 Å². The van der Waals surface area contributed by atoms with Crippen LogP contribution < -0.4 is 10.2 Å². The van der Waals surface area contributed by atoms with Gasteiger partial charge < -0.3 is 15.0 Å². The lowest BCUT2D eigenvalue weighted by molar-refractivity contribution is 0.0592. The number of esters is 1. The number of piperidine rings is 1. The molecule has 0 bridgehead atoms. The van der Waals surface area contributed by atoms with Gasteiger partial charge >= 0.3 is 5.97 Å². The molecule has 1 unspecified atom stereocenters. The summed E-state index contributed by atoms with van der Waals surface area (Å²) in [6.45, 7) is 4.97. The maximum atomic E-state index is 11.3. The van der Waals surface area contributed by atoms with Gasteiger partial charge in [0.2, 0.25) is 0 Å². The molecule has 0 aromatic carbocycles. The summed E-state index contributed by atoms with van der Waals surface area (Å²) in [4.78, 5) is 13.5. The predicted molar refractivity (Wildman–Crippen MR) is 76.9 cm³/mol. The first-order valence-electron chi connectivity index (χ1n) is 7.15. The first kappa shape index (κ1) is 14.7. The van der Waals surface area contributed by atoms with Gasteiger partial charge in [0.1, 0.15) is 0 Å². The summed E-state index contributed by atoms with van der Waals surface area (Å²) >= 11 is 0. The van der Waals surface area contributed by atoms with Gasteiger partial charge in [-0.15, -0.1) is 10.2 Å². The van der Waals surface area contributed by atoms with Crippen molar-refractivity contribution in [3.63, 3.8) is 0 Å². The summed E-state index contributed by atoms with van der Waals surface area (Å²) in [5, 5.41) is 11.6. The lowest BCUT2D eigenvalue weighted by Crippen LogP contribution is -2.44. The number of carbonyl (C=O) groups excluding carboxylic acids is 1. The van der Waals surface area contributed by atoms with Crippen LogP contribution in [0.15, 0.2) is 12.1 Å². The molecule has 0 radical (unpaired) electrons. The molecular weight excluding hydrogens is 256 g/mol. The van der Waals surface area contributed by atoms with Crippen molar-refractivity contribution in [1.82, 2.24) is 15.5 Å². The van der Waals surface area contributed by atoms with Crippen LogP contribution in [0.4, 0.5) is 5.82 Å². The van der Waals surface area contributed by atoms with E-state index in [9.17, 15) is 4.79 Å². The van der Waals surface area contributed by atoms with E-state index in [1.165, 1.54) is 26.4 Å². The van der Waals surface area contributed by atoms with E-state index in [0.717, 1.165) is 25.5 Å².